The maximum atomic E-state index is 2.47. The third-order valence-corrected chi connectivity index (χ3v) is 14.2. The van der Waals surface area contributed by atoms with Crippen molar-refractivity contribution in [2.24, 2.45) is 0 Å². The largest absolute Gasteiger partial charge is 0.309 e. The van der Waals surface area contributed by atoms with Crippen LogP contribution in [0.4, 0.5) is 17.1 Å². The Labute approximate surface area is 382 Å². The predicted octanol–water partition coefficient (Wildman–Crippen LogP) is 16.8. The average Bonchev–Trinajstić information content (AvgIpc) is 3.81. The zero-order valence-corrected chi connectivity index (χ0v) is 36.6. The van der Waals surface area contributed by atoms with Crippen LogP contribution in [0.5, 0.6) is 0 Å². The van der Waals surface area contributed by atoms with E-state index in [0.717, 1.165) is 17.1 Å². The fraction of sp³-hybridized carbons (Fsp3) is 0.0625. The maximum Gasteiger partial charge on any atom is 0.0713 e. The van der Waals surface area contributed by atoms with Crippen LogP contribution in [0, 0.1) is 0 Å². The Bertz CT molecular complexity index is 3340. The number of anilines is 3. The predicted molar refractivity (Wildman–Crippen MR) is 272 cm³/mol. The molecule has 10 aromatic carbocycles. The van der Waals surface area contributed by atoms with Crippen molar-refractivity contribution in [3.8, 4) is 55.6 Å². The molecule has 0 N–H and O–H groups in total. The van der Waals surface area contributed by atoms with Gasteiger partial charge in [-0.05, 0) is 108 Å². The number of benzene rings is 10. The molecule has 308 valence electrons. The third-order valence-electron chi connectivity index (χ3n) is 14.2. The van der Waals surface area contributed by atoms with Gasteiger partial charge in [-0.2, -0.15) is 0 Å². The van der Waals surface area contributed by atoms with Crippen LogP contribution in [0.3, 0.4) is 0 Å². The SMILES string of the molecule is CC1(C)c2ccccc2-c2c(-c3ccccc3N(c3ccc(-c4ccc5c(c4)-c4ccccc4C5(c4ccccc4)c4ccccc4)cc3)c3ccccc3-c3ccccc3)cccc21. The van der Waals surface area contributed by atoms with Crippen molar-refractivity contribution in [3.05, 3.63) is 282 Å². The quantitative estimate of drug-likeness (QED) is 0.147. The first kappa shape index (κ1) is 38.7. The Morgan fingerprint density at radius 3 is 1.45 bits per heavy atom. The highest BCUT2D eigenvalue weighted by molar-refractivity contribution is 6.00. The second-order valence-corrected chi connectivity index (χ2v) is 18.0. The van der Waals surface area contributed by atoms with Crippen LogP contribution in [-0.2, 0) is 10.8 Å². The van der Waals surface area contributed by atoms with Gasteiger partial charge in [0.15, 0.2) is 0 Å². The molecule has 0 saturated carbocycles. The van der Waals surface area contributed by atoms with E-state index >= 15 is 0 Å². The molecule has 1 heteroatoms. The molecule has 0 spiro atoms. The molecule has 0 unspecified atom stereocenters. The van der Waals surface area contributed by atoms with E-state index in [0.29, 0.717) is 0 Å². The minimum Gasteiger partial charge on any atom is -0.309 e. The van der Waals surface area contributed by atoms with Crippen molar-refractivity contribution < 1.29 is 0 Å². The van der Waals surface area contributed by atoms with Crippen LogP contribution >= 0.6 is 0 Å². The molecule has 0 aromatic heterocycles. The Morgan fingerprint density at radius 2 is 0.769 bits per heavy atom. The molecular formula is C64H47N. The number of fused-ring (bicyclic) bond motifs is 6. The zero-order valence-electron chi connectivity index (χ0n) is 36.6. The normalized spacial score (nSPS) is 13.6. The molecule has 0 amide bonds. The first-order valence-electron chi connectivity index (χ1n) is 22.8. The zero-order chi connectivity index (χ0) is 43.5. The maximum absolute atomic E-state index is 2.47. The van der Waals surface area contributed by atoms with Crippen LogP contribution in [0.1, 0.15) is 47.2 Å². The van der Waals surface area contributed by atoms with Gasteiger partial charge in [0.05, 0.1) is 16.8 Å². The minimum absolute atomic E-state index is 0.101. The molecule has 0 saturated heterocycles. The third kappa shape index (κ3) is 6.00. The van der Waals surface area contributed by atoms with Gasteiger partial charge >= 0.3 is 0 Å². The molecule has 2 aliphatic carbocycles. The van der Waals surface area contributed by atoms with Gasteiger partial charge in [0.2, 0.25) is 0 Å². The lowest BCUT2D eigenvalue weighted by molar-refractivity contribution is 0.660. The molecule has 0 heterocycles. The topological polar surface area (TPSA) is 3.24 Å². The van der Waals surface area contributed by atoms with E-state index in [-0.39, 0.29) is 5.41 Å². The second kappa shape index (κ2) is 15.4. The summed E-state index contributed by atoms with van der Waals surface area (Å²) in [7, 11) is 0. The number of para-hydroxylation sites is 2. The molecule has 65 heavy (non-hydrogen) atoms. The highest BCUT2D eigenvalue weighted by atomic mass is 15.1. The van der Waals surface area contributed by atoms with Gasteiger partial charge in [-0.1, -0.05) is 232 Å². The molecule has 12 rings (SSSR count). The summed E-state index contributed by atoms with van der Waals surface area (Å²) in [6.45, 7) is 4.72. The summed E-state index contributed by atoms with van der Waals surface area (Å²) in [4.78, 5) is 2.47. The number of hydrogen-bond donors (Lipinski definition) is 0. The van der Waals surface area contributed by atoms with Crippen LogP contribution in [-0.4, -0.2) is 0 Å². The van der Waals surface area contributed by atoms with Gasteiger partial charge in [0, 0.05) is 22.2 Å². The Hall–Kier alpha value is -8.00. The summed E-state index contributed by atoms with van der Waals surface area (Å²) >= 11 is 0. The summed E-state index contributed by atoms with van der Waals surface area (Å²) < 4.78 is 0. The average molecular weight is 830 g/mol. The summed E-state index contributed by atoms with van der Waals surface area (Å²) in [6, 6.07) is 91.8. The van der Waals surface area contributed by atoms with Gasteiger partial charge in [0.25, 0.3) is 0 Å². The first-order chi connectivity index (χ1) is 32.0. The van der Waals surface area contributed by atoms with Crippen molar-refractivity contribution >= 4 is 17.1 Å². The Morgan fingerprint density at radius 1 is 0.292 bits per heavy atom. The Kier molecular flexibility index (Phi) is 9.14. The summed E-state index contributed by atoms with van der Waals surface area (Å²) in [5, 5.41) is 0. The van der Waals surface area contributed by atoms with Gasteiger partial charge < -0.3 is 4.90 Å². The molecule has 10 aromatic rings. The summed E-state index contributed by atoms with van der Waals surface area (Å²) in [5.74, 6) is 0. The second-order valence-electron chi connectivity index (χ2n) is 18.0. The van der Waals surface area contributed by atoms with Crippen LogP contribution in [0.2, 0.25) is 0 Å². The number of nitrogens with zero attached hydrogens (tertiary/aromatic N) is 1. The van der Waals surface area contributed by atoms with E-state index in [1.54, 1.807) is 0 Å². The van der Waals surface area contributed by atoms with Gasteiger partial charge in [-0.15, -0.1) is 0 Å². The molecule has 1 nitrogen and oxygen atoms in total. The highest BCUT2D eigenvalue weighted by Gasteiger charge is 2.46. The number of hydrogen-bond acceptors (Lipinski definition) is 1. The smallest absolute Gasteiger partial charge is 0.0713 e. The van der Waals surface area contributed by atoms with Crippen LogP contribution < -0.4 is 4.90 Å². The molecule has 0 fully saturated rings. The molecule has 0 radical (unpaired) electrons. The van der Waals surface area contributed by atoms with Crippen molar-refractivity contribution in [1.82, 2.24) is 0 Å². The van der Waals surface area contributed by atoms with Crippen molar-refractivity contribution in [2.45, 2.75) is 24.7 Å². The molecule has 0 aliphatic heterocycles. The summed E-state index contributed by atoms with van der Waals surface area (Å²) in [5.41, 5.74) is 23.1. The van der Waals surface area contributed by atoms with E-state index in [1.165, 1.54) is 89.0 Å². The first-order valence-corrected chi connectivity index (χ1v) is 22.8. The fourth-order valence-corrected chi connectivity index (χ4v) is 11.2. The van der Waals surface area contributed by atoms with E-state index < -0.39 is 5.41 Å². The molecular weight excluding hydrogens is 783 g/mol. The van der Waals surface area contributed by atoms with E-state index in [1.807, 2.05) is 0 Å². The molecule has 2 aliphatic rings. The van der Waals surface area contributed by atoms with Gasteiger partial charge in [-0.3, -0.25) is 0 Å². The minimum atomic E-state index is -0.423. The van der Waals surface area contributed by atoms with Gasteiger partial charge in [-0.25, -0.2) is 0 Å². The molecule has 0 atom stereocenters. The van der Waals surface area contributed by atoms with Crippen molar-refractivity contribution in [2.75, 3.05) is 4.90 Å². The van der Waals surface area contributed by atoms with Crippen molar-refractivity contribution in [3.63, 3.8) is 0 Å². The van der Waals surface area contributed by atoms with E-state index in [4.69, 9.17) is 0 Å². The van der Waals surface area contributed by atoms with Crippen LogP contribution in [0.25, 0.3) is 55.6 Å². The molecule has 0 bridgehead atoms. The number of rotatable bonds is 8. The lowest BCUT2D eigenvalue weighted by Gasteiger charge is -2.33. The Balaban J connectivity index is 1.02. The van der Waals surface area contributed by atoms with E-state index in [2.05, 4.69) is 267 Å². The van der Waals surface area contributed by atoms with Gasteiger partial charge in [0.1, 0.15) is 0 Å². The summed E-state index contributed by atoms with van der Waals surface area (Å²) in [6.07, 6.45) is 0. The lowest BCUT2D eigenvalue weighted by Crippen LogP contribution is -2.28. The standard InChI is InChI=1S/C64H47N/c1-63(2)56-32-16-13-30-54(56)62-53(31-20-34-59(62)63)52-29-15-19-36-61(52)65(60-35-18-14-27-50(60)45-21-6-3-7-22-45)49-40-37-44(38-41-49)46-39-42-58-55(43-46)51-28-12-17-33-57(51)64(58,47-23-8-4-9-24-47)48-25-10-5-11-26-48/h3-43H,1-2H3. The lowest BCUT2D eigenvalue weighted by atomic mass is 9.67. The monoisotopic (exact) mass is 829 g/mol. The van der Waals surface area contributed by atoms with Crippen LogP contribution in [0.15, 0.2) is 249 Å². The van der Waals surface area contributed by atoms with Crippen molar-refractivity contribution in [1.29, 1.82) is 0 Å². The highest BCUT2D eigenvalue weighted by Crippen LogP contribution is 2.57. The van der Waals surface area contributed by atoms with E-state index in [9.17, 15) is 0 Å². The fourth-order valence-electron chi connectivity index (χ4n) is 11.2.